The molecule has 5 nitrogen and oxygen atoms in total. The van der Waals surface area contributed by atoms with Gasteiger partial charge < -0.3 is 11.1 Å². The molecule has 1 aromatic heterocycles. The van der Waals surface area contributed by atoms with Crippen LogP contribution in [0.15, 0.2) is 6.20 Å². The van der Waals surface area contributed by atoms with E-state index in [2.05, 4.69) is 10.4 Å². The highest BCUT2D eigenvalue weighted by Crippen LogP contribution is 2.18. The first-order valence-corrected chi connectivity index (χ1v) is 6.34. The molecule has 0 radical (unpaired) electrons. The second-order valence-corrected chi connectivity index (χ2v) is 4.57. The smallest absolute Gasteiger partial charge is 0.271 e. The van der Waals surface area contributed by atoms with Gasteiger partial charge in [-0.25, -0.2) is 0 Å². The van der Waals surface area contributed by atoms with Crippen molar-refractivity contribution >= 4 is 11.6 Å². The number of nitrogens with zero attached hydrogens (tertiary/aromatic N) is 2. The summed E-state index contributed by atoms with van der Waals surface area (Å²) in [6.45, 7) is 2.61. The second-order valence-electron chi connectivity index (χ2n) is 4.57. The molecule has 0 bridgehead atoms. The molecule has 1 amide bonds. The third-order valence-electron chi connectivity index (χ3n) is 3.32. The number of nitrogens with one attached hydrogen (secondary N) is 1. The summed E-state index contributed by atoms with van der Waals surface area (Å²) < 4.78 is 1.65. The highest BCUT2D eigenvalue weighted by Gasteiger charge is 2.20. The van der Waals surface area contributed by atoms with E-state index in [1.807, 2.05) is 6.92 Å². The summed E-state index contributed by atoms with van der Waals surface area (Å²) in [5.41, 5.74) is 6.74. The maximum atomic E-state index is 12.1. The lowest BCUT2D eigenvalue weighted by atomic mass is 9.95. The van der Waals surface area contributed by atoms with Gasteiger partial charge in [0.15, 0.2) is 0 Å². The van der Waals surface area contributed by atoms with Crippen molar-refractivity contribution in [2.75, 3.05) is 5.73 Å². The Morgan fingerprint density at radius 1 is 1.53 bits per heavy atom. The lowest BCUT2D eigenvalue weighted by Gasteiger charge is -2.22. The maximum Gasteiger partial charge on any atom is 0.271 e. The third kappa shape index (κ3) is 2.60. The number of amides is 1. The molecule has 0 saturated heterocycles. The second kappa shape index (κ2) is 5.21. The van der Waals surface area contributed by atoms with Gasteiger partial charge in [-0.3, -0.25) is 9.48 Å². The summed E-state index contributed by atoms with van der Waals surface area (Å²) in [5, 5.41) is 7.14. The molecular weight excluding hydrogens is 216 g/mol. The number of nitrogen functional groups attached to an aromatic ring is 1. The summed E-state index contributed by atoms with van der Waals surface area (Å²) in [6, 6.07) is 0.302. The zero-order valence-corrected chi connectivity index (χ0v) is 10.3. The fraction of sp³-hybridized carbons (Fsp3) is 0.667. The van der Waals surface area contributed by atoms with Crippen LogP contribution in [0.3, 0.4) is 0 Å². The molecule has 0 unspecified atom stereocenters. The molecule has 2 rings (SSSR count). The molecule has 94 valence electrons. The Morgan fingerprint density at radius 2 is 2.24 bits per heavy atom. The van der Waals surface area contributed by atoms with Crippen LogP contribution in [0.4, 0.5) is 5.69 Å². The molecular formula is C12H20N4O. The highest BCUT2D eigenvalue weighted by molar-refractivity contribution is 5.97. The van der Waals surface area contributed by atoms with Gasteiger partial charge >= 0.3 is 0 Å². The standard InChI is InChI=1S/C12H20N4O/c1-2-16-11(10(13)8-14-16)12(17)15-9-6-4-3-5-7-9/h8-9H,2-7,13H2,1H3,(H,15,17). The predicted molar refractivity (Wildman–Crippen MR) is 66.7 cm³/mol. The highest BCUT2D eigenvalue weighted by atomic mass is 16.2. The number of rotatable bonds is 3. The SMILES string of the molecule is CCn1ncc(N)c1C(=O)NC1CCCCC1. The van der Waals surface area contributed by atoms with Crippen LogP contribution < -0.4 is 11.1 Å². The van der Waals surface area contributed by atoms with Crippen LogP contribution >= 0.6 is 0 Å². The van der Waals surface area contributed by atoms with Crippen molar-refractivity contribution in [3.63, 3.8) is 0 Å². The van der Waals surface area contributed by atoms with Crippen LogP contribution in [0.2, 0.25) is 0 Å². The van der Waals surface area contributed by atoms with Gasteiger partial charge in [-0.1, -0.05) is 19.3 Å². The molecule has 1 saturated carbocycles. The number of carbonyl (C=O) groups excluding carboxylic acids is 1. The molecule has 5 heteroatoms. The monoisotopic (exact) mass is 236 g/mol. The Labute approximate surface area is 101 Å². The van der Waals surface area contributed by atoms with E-state index in [0.717, 1.165) is 12.8 Å². The normalized spacial score (nSPS) is 17.0. The van der Waals surface area contributed by atoms with E-state index in [9.17, 15) is 4.79 Å². The molecule has 1 aliphatic rings. The quantitative estimate of drug-likeness (QED) is 0.836. The van der Waals surface area contributed by atoms with Gasteiger partial charge in [0.05, 0.1) is 11.9 Å². The van der Waals surface area contributed by atoms with E-state index in [1.54, 1.807) is 10.9 Å². The van der Waals surface area contributed by atoms with Gasteiger partial charge in [0.1, 0.15) is 5.69 Å². The summed E-state index contributed by atoms with van der Waals surface area (Å²) in [6.07, 6.45) is 7.37. The molecule has 17 heavy (non-hydrogen) atoms. The fourth-order valence-corrected chi connectivity index (χ4v) is 2.39. The molecule has 1 fully saturated rings. The van der Waals surface area contributed by atoms with Crippen LogP contribution in [-0.2, 0) is 6.54 Å². The first kappa shape index (κ1) is 12.0. The topological polar surface area (TPSA) is 72.9 Å². The van der Waals surface area contributed by atoms with Crippen molar-refractivity contribution < 1.29 is 4.79 Å². The van der Waals surface area contributed by atoms with Gasteiger partial charge in [-0.05, 0) is 19.8 Å². The maximum absolute atomic E-state index is 12.1. The van der Waals surface area contributed by atoms with E-state index in [0.29, 0.717) is 24.0 Å². The van der Waals surface area contributed by atoms with Crippen molar-refractivity contribution in [3.05, 3.63) is 11.9 Å². The Balaban J connectivity index is 2.05. The minimum Gasteiger partial charge on any atom is -0.396 e. The van der Waals surface area contributed by atoms with Crippen molar-refractivity contribution in [1.82, 2.24) is 15.1 Å². The molecule has 0 spiro atoms. The number of aryl methyl sites for hydroxylation is 1. The van der Waals surface area contributed by atoms with Crippen molar-refractivity contribution in [2.45, 2.75) is 51.6 Å². The zero-order chi connectivity index (χ0) is 12.3. The lowest BCUT2D eigenvalue weighted by molar-refractivity contribution is 0.0918. The van der Waals surface area contributed by atoms with Crippen molar-refractivity contribution in [3.8, 4) is 0 Å². The first-order valence-electron chi connectivity index (χ1n) is 6.34. The van der Waals surface area contributed by atoms with Crippen LogP contribution in [0.25, 0.3) is 0 Å². The van der Waals surface area contributed by atoms with Crippen molar-refractivity contribution in [1.29, 1.82) is 0 Å². The van der Waals surface area contributed by atoms with Gasteiger partial charge in [0.25, 0.3) is 5.91 Å². The van der Waals surface area contributed by atoms with E-state index in [-0.39, 0.29) is 5.91 Å². The number of nitrogens with two attached hydrogens (primary N) is 1. The number of aromatic nitrogens is 2. The molecule has 0 aromatic carbocycles. The number of carbonyl (C=O) groups is 1. The zero-order valence-electron chi connectivity index (χ0n) is 10.3. The summed E-state index contributed by atoms with van der Waals surface area (Å²) in [5.74, 6) is -0.0891. The van der Waals surface area contributed by atoms with Crippen LogP contribution in [0.1, 0.15) is 49.5 Å². The first-order chi connectivity index (χ1) is 8.22. The van der Waals surface area contributed by atoms with E-state index in [1.165, 1.54) is 19.3 Å². The van der Waals surface area contributed by atoms with Gasteiger partial charge in [0, 0.05) is 12.6 Å². The minimum atomic E-state index is -0.0891. The predicted octanol–water partition coefficient (Wildman–Crippen LogP) is 1.55. The Morgan fingerprint density at radius 3 is 2.88 bits per heavy atom. The van der Waals surface area contributed by atoms with Gasteiger partial charge in [0.2, 0.25) is 0 Å². The van der Waals surface area contributed by atoms with Crippen LogP contribution in [-0.4, -0.2) is 21.7 Å². The molecule has 1 aromatic rings. The molecule has 3 N–H and O–H groups in total. The van der Waals surface area contributed by atoms with E-state index < -0.39 is 0 Å². The molecule has 0 aliphatic heterocycles. The van der Waals surface area contributed by atoms with Crippen LogP contribution in [0.5, 0.6) is 0 Å². The number of anilines is 1. The minimum absolute atomic E-state index is 0.0891. The summed E-state index contributed by atoms with van der Waals surface area (Å²) in [4.78, 5) is 12.1. The lowest BCUT2D eigenvalue weighted by Crippen LogP contribution is -2.37. The average molecular weight is 236 g/mol. The van der Waals surface area contributed by atoms with E-state index in [4.69, 9.17) is 5.73 Å². The Bertz CT molecular complexity index is 393. The largest absolute Gasteiger partial charge is 0.396 e. The summed E-state index contributed by atoms with van der Waals surface area (Å²) >= 11 is 0. The van der Waals surface area contributed by atoms with Gasteiger partial charge in [-0.15, -0.1) is 0 Å². The van der Waals surface area contributed by atoms with Crippen molar-refractivity contribution in [2.24, 2.45) is 0 Å². The number of hydrogen-bond acceptors (Lipinski definition) is 3. The molecule has 1 aliphatic carbocycles. The molecule has 1 heterocycles. The molecule has 0 atom stereocenters. The third-order valence-corrected chi connectivity index (χ3v) is 3.32. The number of hydrogen-bond donors (Lipinski definition) is 2. The Kier molecular flexibility index (Phi) is 3.66. The van der Waals surface area contributed by atoms with Crippen LogP contribution in [0, 0.1) is 0 Å². The Hall–Kier alpha value is -1.52. The van der Waals surface area contributed by atoms with E-state index >= 15 is 0 Å². The fourth-order valence-electron chi connectivity index (χ4n) is 2.39. The van der Waals surface area contributed by atoms with Gasteiger partial charge in [-0.2, -0.15) is 5.10 Å². The average Bonchev–Trinajstić information content (AvgIpc) is 2.71. The summed E-state index contributed by atoms with van der Waals surface area (Å²) in [7, 11) is 0.